The lowest BCUT2D eigenvalue weighted by Gasteiger charge is -2.07. The van der Waals surface area contributed by atoms with Gasteiger partial charge in [0.25, 0.3) is 0 Å². The summed E-state index contributed by atoms with van der Waals surface area (Å²) in [6, 6.07) is 0. The van der Waals surface area contributed by atoms with Gasteiger partial charge in [0.05, 0.1) is 6.61 Å². The zero-order valence-electron chi connectivity index (χ0n) is 5.82. The van der Waals surface area contributed by atoms with Crippen LogP contribution >= 0.6 is 22.6 Å². The number of nitrogens with zero attached hydrogens (tertiary/aromatic N) is 2. The Bertz CT molecular complexity index is 162. The molecule has 0 aromatic carbocycles. The standard InChI is InChI=1S/C4H7IN2O4/c1-2-11-4(8)6(3-5)7(9)10/h2-3H2,1H3. The molecule has 11 heavy (non-hydrogen) atoms. The molecule has 0 aliphatic rings. The van der Waals surface area contributed by atoms with Crippen LogP contribution in [0.25, 0.3) is 0 Å². The Balaban J connectivity index is 4.03. The fourth-order valence-corrected chi connectivity index (χ4v) is 0.885. The van der Waals surface area contributed by atoms with E-state index in [-0.39, 0.29) is 11.2 Å². The van der Waals surface area contributed by atoms with Crippen LogP contribution < -0.4 is 0 Å². The Kier molecular flexibility index (Phi) is 4.83. The second-order valence-corrected chi connectivity index (χ2v) is 2.14. The van der Waals surface area contributed by atoms with Gasteiger partial charge in [0.15, 0.2) is 5.03 Å². The number of hydrogen-bond donors (Lipinski definition) is 0. The minimum atomic E-state index is -0.924. The highest BCUT2D eigenvalue weighted by molar-refractivity contribution is 14.1. The Morgan fingerprint density at radius 3 is 2.64 bits per heavy atom. The van der Waals surface area contributed by atoms with Crippen molar-refractivity contribution in [2.24, 2.45) is 0 Å². The quantitative estimate of drug-likeness (QED) is 0.253. The van der Waals surface area contributed by atoms with E-state index < -0.39 is 11.1 Å². The molecule has 0 aliphatic heterocycles. The lowest BCUT2D eigenvalue weighted by atomic mass is 10.9. The van der Waals surface area contributed by atoms with E-state index in [1.165, 1.54) is 0 Å². The molecule has 0 spiro atoms. The van der Waals surface area contributed by atoms with Crippen molar-refractivity contribution in [3.05, 3.63) is 10.1 Å². The van der Waals surface area contributed by atoms with Crippen LogP contribution in [-0.4, -0.2) is 27.3 Å². The Hall–Kier alpha value is -0.600. The zero-order valence-corrected chi connectivity index (χ0v) is 7.98. The Morgan fingerprint density at radius 1 is 1.82 bits per heavy atom. The summed E-state index contributed by atoms with van der Waals surface area (Å²) in [7, 11) is 0. The van der Waals surface area contributed by atoms with Crippen molar-refractivity contribution >= 4 is 28.7 Å². The predicted octanol–water partition coefficient (Wildman–Crippen LogP) is 1.03. The first kappa shape index (κ1) is 10.4. The van der Waals surface area contributed by atoms with Crippen molar-refractivity contribution in [3.63, 3.8) is 0 Å². The number of carbonyl (C=O) groups is 1. The van der Waals surface area contributed by atoms with Gasteiger partial charge in [-0.2, -0.15) is 0 Å². The van der Waals surface area contributed by atoms with E-state index >= 15 is 0 Å². The summed E-state index contributed by atoms with van der Waals surface area (Å²) in [6.07, 6.45) is -0.924. The highest BCUT2D eigenvalue weighted by atomic mass is 127. The molecule has 64 valence electrons. The monoisotopic (exact) mass is 274 g/mol. The van der Waals surface area contributed by atoms with Gasteiger partial charge in [0.2, 0.25) is 0 Å². The fourth-order valence-electron chi connectivity index (χ4n) is 0.357. The second-order valence-electron chi connectivity index (χ2n) is 1.46. The van der Waals surface area contributed by atoms with Crippen molar-refractivity contribution in [2.45, 2.75) is 6.92 Å². The molecule has 0 saturated carbocycles. The van der Waals surface area contributed by atoms with E-state index in [0.717, 1.165) is 0 Å². The molecular formula is C4H7IN2O4. The molecule has 0 bridgehead atoms. The summed E-state index contributed by atoms with van der Waals surface area (Å²) in [4.78, 5) is 20.7. The summed E-state index contributed by atoms with van der Waals surface area (Å²) in [6.45, 7) is 1.73. The summed E-state index contributed by atoms with van der Waals surface area (Å²) in [5, 5.41) is 9.66. The first-order valence-corrected chi connectivity index (χ1v) is 4.30. The predicted molar refractivity (Wildman–Crippen MR) is 44.7 cm³/mol. The number of halogens is 1. The normalized spacial score (nSPS) is 8.91. The number of hydrazine groups is 1. The Labute approximate surface area is 76.8 Å². The first-order valence-electron chi connectivity index (χ1n) is 2.78. The maximum atomic E-state index is 10.7. The van der Waals surface area contributed by atoms with Gasteiger partial charge in [-0.25, -0.2) is 14.9 Å². The summed E-state index contributed by atoms with van der Waals surface area (Å²) >= 11 is 1.70. The van der Waals surface area contributed by atoms with E-state index in [0.29, 0.717) is 5.01 Å². The third-order valence-electron chi connectivity index (χ3n) is 0.789. The van der Waals surface area contributed by atoms with Crippen molar-refractivity contribution < 1.29 is 14.6 Å². The average molecular weight is 274 g/mol. The van der Waals surface area contributed by atoms with Gasteiger partial charge in [-0.3, -0.25) is 0 Å². The number of ether oxygens (including phenoxy) is 1. The van der Waals surface area contributed by atoms with E-state index in [1.54, 1.807) is 29.5 Å². The van der Waals surface area contributed by atoms with Gasteiger partial charge in [-0.05, 0) is 11.9 Å². The number of alkyl halides is 1. The van der Waals surface area contributed by atoms with Crippen LogP contribution in [0.5, 0.6) is 0 Å². The van der Waals surface area contributed by atoms with Crippen LogP contribution in [0.4, 0.5) is 4.79 Å². The Morgan fingerprint density at radius 2 is 2.36 bits per heavy atom. The SMILES string of the molecule is CCOC(=O)N(CI)[N+](=O)[O-]. The number of amides is 1. The van der Waals surface area contributed by atoms with Gasteiger partial charge in [0.1, 0.15) is 4.55 Å². The molecule has 0 aromatic rings. The lowest BCUT2D eigenvalue weighted by molar-refractivity contribution is -0.629. The fraction of sp³-hybridized carbons (Fsp3) is 0.750. The van der Waals surface area contributed by atoms with Crippen molar-refractivity contribution in [2.75, 3.05) is 11.2 Å². The maximum absolute atomic E-state index is 10.7. The minimum Gasteiger partial charge on any atom is -0.446 e. The molecule has 0 aromatic heterocycles. The van der Waals surface area contributed by atoms with Gasteiger partial charge in [0, 0.05) is 0 Å². The topological polar surface area (TPSA) is 72.7 Å². The molecule has 0 rings (SSSR count). The van der Waals surface area contributed by atoms with Gasteiger partial charge >= 0.3 is 6.09 Å². The molecular weight excluding hydrogens is 267 g/mol. The molecule has 7 heteroatoms. The van der Waals surface area contributed by atoms with Crippen molar-refractivity contribution in [1.82, 2.24) is 5.01 Å². The van der Waals surface area contributed by atoms with Crippen LogP contribution in [0.2, 0.25) is 0 Å². The van der Waals surface area contributed by atoms with Gasteiger partial charge in [-0.15, -0.1) is 0 Å². The van der Waals surface area contributed by atoms with E-state index in [4.69, 9.17) is 0 Å². The molecule has 6 nitrogen and oxygen atoms in total. The molecule has 0 aliphatic carbocycles. The average Bonchev–Trinajstić information content (AvgIpc) is 1.88. The second kappa shape index (κ2) is 5.10. The largest absolute Gasteiger partial charge is 0.468 e. The maximum Gasteiger partial charge on any atom is 0.468 e. The third-order valence-corrected chi connectivity index (χ3v) is 1.44. The lowest BCUT2D eigenvalue weighted by Crippen LogP contribution is -2.35. The molecule has 0 N–H and O–H groups in total. The van der Waals surface area contributed by atoms with E-state index in [2.05, 4.69) is 4.74 Å². The summed E-state index contributed by atoms with van der Waals surface area (Å²) in [5.41, 5.74) is 0. The van der Waals surface area contributed by atoms with Crippen molar-refractivity contribution in [3.8, 4) is 0 Å². The molecule has 1 amide bonds. The molecule has 0 fully saturated rings. The van der Waals surface area contributed by atoms with Crippen LogP contribution in [0.1, 0.15) is 6.92 Å². The highest BCUT2D eigenvalue weighted by Gasteiger charge is 2.23. The number of carbonyl (C=O) groups excluding carboxylic acids is 1. The molecule has 0 heterocycles. The first-order chi connectivity index (χ1) is 5.13. The zero-order chi connectivity index (χ0) is 8.85. The molecule has 0 saturated heterocycles. The van der Waals surface area contributed by atoms with Crippen molar-refractivity contribution in [1.29, 1.82) is 0 Å². The number of rotatable bonds is 3. The van der Waals surface area contributed by atoms with Crippen LogP contribution in [0.15, 0.2) is 0 Å². The molecule has 0 unspecified atom stereocenters. The van der Waals surface area contributed by atoms with Crippen LogP contribution in [0, 0.1) is 10.1 Å². The van der Waals surface area contributed by atoms with E-state index in [1.807, 2.05) is 0 Å². The van der Waals surface area contributed by atoms with E-state index in [9.17, 15) is 14.9 Å². The number of hydrogen-bond acceptors (Lipinski definition) is 4. The number of nitro groups is 1. The highest BCUT2D eigenvalue weighted by Crippen LogP contribution is 1.97. The smallest absolute Gasteiger partial charge is 0.446 e. The third kappa shape index (κ3) is 3.35. The molecule has 0 radical (unpaired) electrons. The van der Waals surface area contributed by atoms with Gasteiger partial charge < -0.3 is 4.74 Å². The summed E-state index contributed by atoms with van der Waals surface area (Å²) < 4.78 is 4.37. The molecule has 0 atom stereocenters. The van der Waals surface area contributed by atoms with Crippen LogP contribution in [0.3, 0.4) is 0 Å². The summed E-state index contributed by atoms with van der Waals surface area (Å²) in [5.74, 6) is 0. The minimum absolute atomic E-state index is 0.0242. The van der Waals surface area contributed by atoms with Gasteiger partial charge in [-0.1, -0.05) is 22.6 Å². The van der Waals surface area contributed by atoms with Crippen LogP contribution in [-0.2, 0) is 4.74 Å².